The van der Waals surface area contributed by atoms with Crippen LogP contribution in [-0.4, -0.2) is 13.1 Å². The van der Waals surface area contributed by atoms with Crippen molar-refractivity contribution < 1.29 is 0 Å². The summed E-state index contributed by atoms with van der Waals surface area (Å²) in [6.45, 7) is 1.17. The Balaban J connectivity index is 2.49. The van der Waals surface area contributed by atoms with Crippen LogP contribution in [0.5, 0.6) is 0 Å². The zero-order valence-electron chi connectivity index (χ0n) is 7.59. The topological polar surface area (TPSA) is 55.4 Å². The largest absolute Gasteiger partial charge is 0.330 e. The molecule has 0 aromatic heterocycles. The first-order valence-electron chi connectivity index (χ1n) is 4.82. The molecule has 0 unspecified atom stereocenters. The summed E-state index contributed by atoms with van der Waals surface area (Å²) >= 11 is 0. The summed E-state index contributed by atoms with van der Waals surface area (Å²) in [4.78, 5) is 10.3. The summed E-state index contributed by atoms with van der Waals surface area (Å²) < 4.78 is 0. The van der Waals surface area contributed by atoms with Gasteiger partial charge >= 0.3 is 0 Å². The summed E-state index contributed by atoms with van der Waals surface area (Å²) in [6, 6.07) is 0. The Labute approximate surface area is 73.7 Å². The molecule has 0 radical (unpaired) electrons. The summed E-state index contributed by atoms with van der Waals surface area (Å²) in [5, 5.41) is 3.04. The van der Waals surface area contributed by atoms with Crippen LogP contribution in [0.1, 0.15) is 38.5 Å². The molecule has 0 saturated heterocycles. The molecule has 0 atom stereocenters. The van der Waals surface area contributed by atoms with E-state index in [0.29, 0.717) is 13.1 Å². The fourth-order valence-corrected chi connectivity index (χ4v) is 2.23. The van der Waals surface area contributed by atoms with Gasteiger partial charge in [0.2, 0.25) is 0 Å². The van der Waals surface area contributed by atoms with Gasteiger partial charge in [-0.25, -0.2) is 0 Å². The van der Waals surface area contributed by atoms with Crippen LogP contribution >= 0.6 is 0 Å². The number of nitrogens with two attached hydrogens (primary N) is 1. The molecular weight excluding hydrogens is 152 g/mol. The molecule has 2 N–H and O–H groups in total. The van der Waals surface area contributed by atoms with Gasteiger partial charge in [0.15, 0.2) is 0 Å². The third-order valence-electron chi connectivity index (χ3n) is 2.99. The van der Waals surface area contributed by atoms with Crippen LogP contribution in [-0.2, 0) is 0 Å². The molecule has 3 nitrogen and oxygen atoms in total. The minimum Gasteiger partial charge on any atom is -0.330 e. The van der Waals surface area contributed by atoms with Crippen LogP contribution in [0.15, 0.2) is 5.18 Å². The van der Waals surface area contributed by atoms with Crippen LogP contribution in [0.2, 0.25) is 0 Å². The fourth-order valence-electron chi connectivity index (χ4n) is 2.23. The lowest BCUT2D eigenvalue weighted by Crippen LogP contribution is -2.30. The Bertz CT molecular complexity index is 136. The lowest BCUT2D eigenvalue weighted by Gasteiger charge is -2.34. The molecule has 0 amide bonds. The molecule has 1 aliphatic rings. The summed E-state index contributed by atoms with van der Waals surface area (Å²) in [5.41, 5.74) is 5.71. The molecular formula is C9H18N2O. The highest BCUT2D eigenvalue weighted by atomic mass is 16.3. The van der Waals surface area contributed by atoms with Gasteiger partial charge in [0, 0.05) is 0 Å². The summed E-state index contributed by atoms with van der Waals surface area (Å²) in [7, 11) is 0. The molecule has 12 heavy (non-hydrogen) atoms. The van der Waals surface area contributed by atoms with Gasteiger partial charge in [-0.3, -0.25) is 0 Å². The molecule has 70 valence electrons. The molecule has 3 heteroatoms. The van der Waals surface area contributed by atoms with Crippen molar-refractivity contribution in [1.29, 1.82) is 0 Å². The second-order valence-electron chi connectivity index (χ2n) is 3.89. The zero-order chi connectivity index (χ0) is 8.86. The van der Waals surface area contributed by atoms with Gasteiger partial charge in [0.05, 0.1) is 6.54 Å². The van der Waals surface area contributed by atoms with Crippen LogP contribution in [0, 0.1) is 10.3 Å². The first-order valence-corrected chi connectivity index (χ1v) is 4.82. The van der Waals surface area contributed by atoms with E-state index in [0.717, 1.165) is 19.3 Å². The number of rotatable bonds is 4. The maximum atomic E-state index is 10.3. The highest BCUT2D eigenvalue weighted by molar-refractivity contribution is 4.84. The highest BCUT2D eigenvalue weighted by Crippen LogP contribution is 2.39. The van der Waals surface area contributed by atoms with E-state index in [1.165, 1.54) is 19.3 Å². The Morgan fingerprint density at radius 2 is 1.92 bits per heavy atom. The van der Waals surface area contributed by atoms with Gasteiger partial charge in [0.1, 0.15) is 0 Å². The maximum Gasteiger partial charge on any atom is 0.0867 e. The van der Waals surface area contributed by atoms with Gasteiger partial charge in [-0.05, 0) is 31.2 Å². The Morgan fingerprint density at radius 3 is 2.42 bits per heavy atom. The Kier molecular flexibility index (Phi) is 3.66. The van der Waals surface area contributed by atoms with Crippen molar-refractivity contribution in [2.75, 3.05) is 13.1 Å². The van der Waals surface area contributed by atoms with Crippen molar-refractivity contribution in [3.8, 4) is 0 Å². The number of nitroso groups, excluding NO2 is 1. The van der Waals surface area contributed by atoms with Gasteiger partial charge in [-0.2, -0.15) is 4.91 Å². The zero-order valence-corrected chi connectivity index (χ0v) is 7.59. The van der Waals surface area contributed by atoms with E-state index in [2.05, 4.69) is 5.18 Å². The van der Waals surface area contributed by atoms with E-state index in [-0.39, 0.29) is 5.41 Å². The van der Waals surface area contributed by atoms with Crippen molar-refractivity contribution in [1.82, 2.24) is 0 Å². The van der Waals surface area contributed by atoms with Crippen LogP contribution in [0.3, 0.4) is 0 Å². The second-order valence-corrected chi connectivity index (χ2v) is 3.89. The number of hydrogen-bond acceptors (Lipinski definition) is 3. The monoisotopic (exact) mass is 170 g/mol. The van der Waals surface area contributed by atoms with Crippen molar-refractivity contribution in [3.05, 3.63) is 4.91 Å². The highest BCUT2D eigenvalue weighted by Gasteiger charge is 2.31. The summed E-state index contributed by atoms with van der Waals surface area (Å²) in [5.74, 6) is 0. The van der Waals surface area contributed by atoms with E-state index < -0.39 is 0 Å². The lowest BCUT2D eigenvalue weighted by molar-refractivity contribution is 0.186. The van der Waals surface area contributed by atoms with Crippen molar-refractivity contribution in [2.24, 2.45) is 16.3 Å². The molecule has 1 rings (SSSR count). The normalized spacial score (nSPS) is 22.1. The van der Waals surface area contributed by atoms with Gasteiger partial charge in [0.25, 0.3) is 0 Å². The van der Waals surface area contributed by atoms with Crippen LogP contribution in [0.4, 0.5) is 0 Å². The van der Waals surface area contributed by atoms with E-state index in [1.807, 2.05) is 0 Å². The van der Waals surface area contributed by atoms with Crippen molar-refractivity contribution in [3.63, 3.8) is 0 Å². The first-order chi connectivity index (χ1) is 5.83. The third-order valence-corrected chi connectivity index (χ3v) is 2.99. The Hall–Kier alpha value is -0.440. The molecule has 0 bridgehead atoms. The smallest absolute Gasteiger partial charge is 0.0867 e. The van der Waals surface area contributed by atoms with Gasteiger partial charge < -0.3 is 5.73 Å². The predicted octanol–water partition coefficient (Wildman–Crippen LogP) is 2.05. The predicted molar refractivity (Wildman–Crippen MR) is 49.9 cm³/mol. The molecule has 0 heterocycles. The third kappa shape index (κ3) is 2.27. The van der Waals surface area contributed by atoms with E-state index in [1.54, 1.807) is 0 Å². The molecule has 0 spiro atoms. The van der Waals surface area contributed by atoms with E-state index in [9.17, 15) is 4.91 Å². The Morgan fingerprint density at radius 1 is 1.25 bits per heavy atom. The second kappa shape index (κ2) is 4.55. The van der Waals surface area contributed by atoms with Gasteiger partial charge in [-0.15, -0.1) is 0 Å². The molecule has 1 fully saturated rings. The minimum absolute atomic E-state index is 0.175. The van der Waals surface area contributed by atoms with E-state index >= 15 is 0 Å². The quantitative estimate of drug-likeness (QED) is 0.656. The minimum atomic E-state index is 0.175. The van der Waals surface area contributed by atoms with Crippen molar-refractivity contribution in [2.45, 2.75) is 38.5 Å². The average Bonchev–Trinajstić information content (AvgIpc) is 2.07. The molecule has 0 aromatic rings. The number of nitrogens with zero attached hydrogens (tertiary/aromatic N) is 1. The standard InChI is InChI=1S/C9H18N2O/c10-7-6-9(8-11-12)4-2-1-3-5-9/h1-8,10H2. The SMILES string of the molecule is NCCC1(CN=O)CCCCC1. The average molecular weight is 170 g/mol. The van der Waals surface area contributed by atoms with E-state index in [4.69, 9.17) is 5.73 Å². The van der Waals surface area contributed by atoms with Crippen molar-refractivity contribution >= 4 is 0 Å². The maximum absolute atomic E-state index is 10.3. The lowest BCUT2D eigenvalue weighted by atomic mass is 9.72. The molecule has 1 saturated carbocycles. The van der Waals surface area contributed by atoms with Crippen LogP contribution in [0.25, 0.3) is 0 Å². The molecule has 0 aliphatic heterocycles. The fraction of sp³-hybridized carbons (Fsp3) is 1.00. The molecule has 1 aliphatic carbocycles. The van der Waals surface area contributed by atoms with Crippen LogP contribution < -0.4 is 5.73 Å². The number of hydrogen-bond donors (Lipinski definition) is 1. The molecule has 0 aromatic carbocycles. The summed E-state index contributed by atoms with van der Waals surface area (Å²) in [6.07, 6.45) is 7.07. The first kappa shape index (κ1) is 9.65. The van der Waals surface area contributed by atoms with Gasteiger partial charge in [-0.1, -0.05) is 24.4 Å².